The molecule has 1 fully saturated rings. The van der Waals surface area contributed by atoms with Crippen molar-refractivity contribution in [2.24, 2.45) is 0 Å². The van der Waals surface area contributed by atoms with Crippen molar-refractivity contribution in [2.45, 2.75) is 38.8 Å². The molecule has 0 aromatic heterocycles. The Kier molecular flexibility index (Phi) is 6.77. The zero-order valence-corrected chi connectivity index (χ0v) is 17.3. The van der Waals surface area contributed by atoms with Gasteiger partial charge in [0.15, 0.2) is 0 Å². The summed E-state index contributed by atoms with van der Waals surface area (Å²) < 4.78 is 0. The summed E-state index contributed by atoms with van der Waals surface area (Å²) in [5, 5.41) is 9.12. The second kappa shape index (κ2) is 9.29. The van der Waals surface area contributed by atoms with Gasteiger partial charge >= 0.3 is 6.03 Å². The Bertz CT molecular complexity index is 879. The first-order valence-electron chi connectivity index (χ1n) is 9.88. The number of amides is 3. The Hall–Kier alpha value is -2.57. The lowest BCUT2D eigenvalue weighted by atomic mass is 9.97. The molecule has 1 saturated heterocycles. The van der Waals surface area contributed by atoms with Gasteiger partial charge in [-0.2, -0.15) is 0 Å². The van der Waals surface area contributed by atoms with E-state index in [2.05, 4.69) is 16.0 Å². The highest BCUT2D eigenvalue weighted by atomic mass is 35.5. The molecule has 6 nitrogen and oxygen atoms in total. The molecule has 0 saturated carbocycles. The maximum Gasteiger partial charge on any atom is 0.323 e. The number of fused-ring (bicyclic) bond motifs is 1. The lowest BCUT2D eigenvalue weighted by molar-refractivity contribution is -0.134. The number of rotatable bonds is 3. The van der Waals surface area contributed by atoms with E-state index in [0.717, 1.165) is 53.9 Å². The summed E-state index contributed by atoms with van der Waals surface area (Å²) in [6.07, 6.45) is 2.72. The Labute approximate surface area is 177 Å². The smallest absolute Gasteiger partial charge is 0.323 e. The van der Waals surface area contributed by atoms with Crippen LogP contribution in [-0.2, 0) is 17.8 Å². The molecule has 154 valence electrons. The van der Waals surface area contributed by atoms with Gasteiger partial charge in [0.05, 0.1) is 6.04 Å². The zero-order chi connectivity index (χ0) is 19.5. The van der Waals surface area contributed by atoms with Crippen LogP contribution in [0.25, 0.3) is 0 Å². The van der Waals surface area contributed by atoms with Crippen LogP contribution in [0.15, 0.2) is 42.5 Å². The van der Waals surface area contributed by atoms with Gasteiger partial charge in [-0.15, -0.1) is 12.4 Å². The molecule has 1 atom stereocenters. The van der Waals surface area contributed by atoms with E-state index in [0.29, 0.717) is 13.1 Å². The standard InChI is InChI=1S/C22H26N4O2.ClH/c1-15-7-9-17(10-8-15)24-22(28)25-19-5-2-4-16-14-26(13-11-18(16)19)21(27)20-6-3-12-23-20;/h2,4-5,7-10,20,23H,3,6,11-14H2,1H3,(H2,24,25,28);1H. The largest absolute Gasteiger partial charge is 0.337 e. The first kappa shape index (κ1) is 21.1. The van der Waals surface area contributed by atoms with Crippen LogP contribution in [-0.4, -0.2) is 36.0 Å². The van der Waals surface area contributed by atoms with Crippen LogP contribution < -0.4 is 16.0 Å². The van der Waals surface area contributed by atoms with E-state index < -0.39 is 0 Å². The summed E-state index contributed by atoms with van der Waals surface area (Å²) in [7, 11) is 0. The average molecular weight is 415 g/mol. The lowest BCUT2D eigenvalue weighted by Crippen LogP contribution is -2.45. The molecule has 0 radical (unpaired) electrons. The predicted molar refractivity (Wildman–Crippen MR) is 118 cm³/mol. The summed E-state index contributed by atoms with van der Waals surface area (Å²) in [5.74, 6) is 0.193. The van der Waals surface area contributed by atoms with Crippen LogP contribution in [0, 0.1) is 6.92 Å². The molecule has 0 aliphatic carbocycles. The molecule has 2 aromatic rings. The predicted octanol–water partition coefficient (Wildman–Crippen LogP) is 3.70. The monoisotopic (exact) mass is 414 g/mol. The molecule has 4 rings (SSSR count). The van der Waals surface area contributed by atoms with E-state index in [-0.39, 0.29) is 30.4 Å². The number of nitrogens with zero attached hydrogens (tertiary/aromatic N) is 1. The Morgan fingerprint density at radius 2 is 1.90 bits per heavy atom. The van der Waals surface area contributed by atoms with Gasteiger partial charge in [0, 0.05) is 24.5 Å². The highest BCUT2D eigenvalue weighted by Crippen LogP contribution is 2.27. The first-order chi connectivity index (χ1) is 13.6. The molecule has 2 aliphatic rings. The van der Waals surface area contributed by atoms with Crippen molar-refractivity contribution < 1.29 is 9.59 Å². The number of anilines is 2. The third-order valence-electron chi connectivity index (χ3n) is 5.49. The summed E-state index contributed by atoms with van der Waals surface area (Å²) in [4.78, 5) is 27.0. The minimum Gasteiger partial charge on any atom is -0.337 e. The molecule has 3 N–H and O–H groups in total. The van der Waals surface area contributed by atoms with Gasteiger partial charge in [-0.1, -0.05) is 29.8 Å². The molecule has 0 bridgehead atoms. The molecule has 0 spiro atoms. The van der Waals surface area contributed by atoms with Crippen LogP contribution in [0.2, 0.25) is 0 Å². The van der Waals surface area contributed by atoms with Gasteiger partial charge < -0.3 is 20.9 Å². The van der Waals surface area contributed by atoms with Crippen molar-refractivity contribution in [1.29, 1.82) is 0 Å². The molecule has 7 heteroatoms. The number of urea groups is 1. The molecular weight excluding hydrogens is 388 g/mol. The van der Waals surface area contributed by atoms with Gasteiger partial charge in [0.2, 0.25) is 5.91 Å². The van der Waals surface area contributed by atoms with E-state index in [1.165, 1.54) is 0 Å². The van der Waals surface area contributed by atoms with E-state index in [1.807, 2.05) is 54.3 Å². The summed E-state index contributed by atoms with van der Waals surface area (Å²) >= 11 is 0. The Morgan fingerprint density at radius 3 is 2.62 bits per heavy atom. The molecule has 3 amide bonds. The third kappa shape index (κ3) is 4.89. The number of carbonyl (C=O) groups is 2. The maximum absolute atomic E-state index is 12.7. The van der Waals surface area contributed by atoms with Crippen molar-refractivity contribution in [3.63, 3.8) is 0 Å². The van der Waals surface area contributed by atoms with Crippen LogP contribution in [0.1, 0.15) is 29.5 Å². The van der Waals surface area contributed by atoms with Crippen LogP contribution in [0.4, 0.5) is 16.2 Å². The average Bonchev–Trinajstić information content (AvgIpc) is 3.24. The van der Waals surface area contributed by atoms with Crippen LogP contribution >= 0.6 is 12.4 Å². The minimum absolute atomic E-state index is 0. The fourth-order valence-electron chi connectivity index (χ4n) is 3.95. The van der Waals surface area contributed by atoms with Gasteiger partial charge in [0.1, 0.15) is 0 Å². The lowest BCUT2D eigenvalue weighted by Gasteiger charge is -2.32. The van der Waals surface area contributed by atoms with Crippen LogP contribution in [0.5, 0.6) is 0 Å². The zero-order valence-electron chi connectivity index (χ0n) is 16.5. The molecule has 29 heavy (non-hydrogen) atoms. The topological polar surface area (TPSA) is 73.5 Å². The molecular formula is C22H27ClN4O2. The number of aryl methyl sites for hydroxylation is 1. The number of hydrogen-bond acceptors (Lipinski definition) is 3. The number of halogens is 1. The first-order valence-corrected chi connectivity index (χ1v) is 9.88. The van der Waals surface area contributed by atoms with Crippen molar-refractivity contribution >= 4 is 35.7 Å². The molecule has 2 heterocycles. The fraction of sp³-hybridized carbons (Fsp3) is 0.364. The van der Waals surface area contributed by atoms with Gasteiger partial charge in [-0.05, 0) is 62.1 Å². The van der Waals surface area contributed by atoms with E-state index in [4.69, 9.17) is 0 Å². The summed E-state index contributed by atoms with van der Waals surface area (Å²) in [5.41, 5.74) is 4.94. The molecule has 1 unspecified atom stereocenters. The van der Waals surface area contributed by atoms with Crippen LogP contribution in [0.3, 0.4) is 0 Å². The van der Waals surface area contributed by atoms with Crippen molar-refractivity contribution in [1.82, 2.24) is 10.2 Å². The number of hydrogen-bond donors (Lipinski definition) is 3. The van der Waals surface area contributed by atoms with Crippen molar-refractivity contribution in [3.8, 4) is 0 Å². The highest BCUT2D eigenvalue weighted by Gasteiger charge is 2.29. The van der Waals surface area contributed by atoms with Crippen molar-refractivity contribution in [2.75, 3.05) is 23.7 Å². The molecule has 2 aromatic carbocycles. The van der Waals surface area contributed by atoms with Gasteiger partial charge in [-0.3, -0.25) is 4.79 Å². The second-order valence-corrected chi connectivity index (χ2v) is 7.55. The number of nitrogens with one attached hydrogen (secondary N) is 3. The quantitative estimate of drug-likeness (QED) is 0.717. The number of benzene rings is 2. The highest BCUT2D eigenvalue weighted by molar-refractivity contribution is 6.00. The Morgan fingerprint density at radius 1 is 1.10 bits per heavy atom. The SMILES string of the molecule is Cc1ccc(NC(=O)Nc2cccc3c2CCN(C(=O)C2CCCN2)C3)cc1.Cl. The summed E-state index contributed by atoms with van der Waals surface area (Å²) in [6.45, 7) is 4.21. The fourth-order valence-corrected chi connectivity index (χ4v) is 3.95. The van der Waals surface area contributed by atoms with Gasteiger partial charge in [-0.25, -0.2) is 4.79 Å². The van der Waals surface area contributed by atoms with E-state index >= 15 is 0 Å². The minimum atomic E-state index is -0.258. The second-order valence-electron chi connectivity index (χ2n) is 7.55. The molecule has 2 aliphatic heterocycles. The van der Waals surface area contributed by atoms with Gasteiger partial charge in [0.25, 0.3) is 0 Å². The normalized spacial score (nSPS) is 17.8. The summed E-state index contributed by atoms with van der Waals surface area (Å²) in [6, 6.07) is 13.3. The Balaban J connectivity index is 0.00000240. The van der Waals surface area contributed by atoms with Crippen molar-refractivity contribution in [3.05, 3.63) is 59.2 Å². The number of carbonyl (C=O) groups excluding carboxylic acids is 2. The maximum atomic E-state index is 12.7. The third-order valence-corrected chi connectivity index (χ3v) is 5.49. The van der Waals surface area contributed by atoms with E-state index in [9.17, 15) is 9.59 Å². The van der Waals surface area contributed by atoms with E-state index in [1.54, 1.807) is 0 Å².